The minimum Gasteiger partial charge on any atom is -0.339 e. The Bertz CT molecular complexity index is 496. The Morgan fingerprint density at radius 1 is 1.19 bits per heavy atom. The zero-order valence-electron chi connectivity index (χ0n) is 12.6. The molecular formula is C13H23N3O4S. The Morgan fingerprint density at radius 3 is 2.14 bits per heavy atom. The minimum atomic E-state index is -3.34. The highest BCUT2D eigenvalue weighted by atomic mass is 32.2. The first-order valence-corrected chi connectivity index (χ1v) is 8.70. The second kappa shape index (κ2) is 7.56. The molecule has 0 saturated carbocycles. The van der Waals surface area contributed by atoms with Crippen molar-refractivity contribution in [2.24, 2.45) is 0 Å². The zero-order chi connectivity index (χ0) is 16.0. The zero-order valence-corrected chi connectivity index (χ0v) is 13.4. The number of carbonyl (C=O) groups excluding carboxylic acids is 2. The summed E-state index contributed by atoms with van der Waals surface area (Å²) < 4.78 is 24.3. The number of amides is 2. The number of hydrogen-bond acceptors (Lipinski definition) is 4. The topological polar surface area (TPSA) is 78.0 Å². The van der Waals surface area contributed by atoms with Gasteiger partial charge in [-0.25, -0.2) is 8.42 Å². The highest BCUT2D eigenvalue weighted by molar-refractivity contribution is 7.88. The fourth-order valence-corrected chi connectivity index (χ4v) is 2.98. The molecule has 2 amide bonds. The van der Waals surface area contributed by atoms with E-state index in [0.717, 1.165) is 6.26 Å². The van der Waals surface area contributed by atoms with Gasteiger partial charge >= 0.3 is 0 Å². The van der Waals surface area contributed by atoms with E-state index in [0.29, 0.717) is 26.2 Å². The van der Waals surface area contributed by atoms with Crippen molar-refractivity contribution < 1.29 is 18.0 Å². The summed E-state index contributed by atoms with van der Waals surface area (Å²) in [7, 11) is -3.34. The summed E-state index contributed by atoms with van der Waals surface area (Å²) in [6.45, 7) is 7.44. The summed E-state index contributed by atoms with van der Waals surface area (Å²) in [5.41, 5.74) is 0. The third kappa shape index (κ3) is 5.47. The van der Waals surface area contributed by atoms with Crippen LogP contribution in [0.4, 0.5) is 0 Å². The van der Waals surface area contributed by atoms with E-state index in [-0.39, 0.29) is 31.3 Å². The van der Waals surface area contributed by atoms with Crippen molar-refractivity contribution in [2.45, 2.75) is 13.3 Å². The van der Waals surface area contributed by atoms with Crippen LogP contribution in [-0.2, 0) is 19.6 Å². The van der Waals surface area contributed by atoms with Gasteiger partial charge in [0, 0.05) is 52.6 Å². The number of carbonyl (C=O) groups is 2. The second-order valence-electron chi connectivity index (χ2n) is 5.05. The lowest BCUT2D eigenvalue weighted by atomic mass is 10.2. The van der Waals surface area contributed by atoms with Crippen molar-refractivity contribution in [2.75, 3.05) is 45.5 Å². The first-order valence-electron chi connectivity index (χ1n) is 6.85. The van der Waals surface area contributed by atoms with Crippen molar-refractivity contribution in [1.82, 2.24) is 14.1 Å². The van der Waals surface area contributed by atoms with Gasteiger partial charge in [0.1, 0.15) is 0 Å². The highest BCUT2D eigenvalue weighted by Gasteiger charge is 2.23. The van der Waals surface area contributed by atoms with Crippen LogP contribution in [0.1, 0.15) is 13.3 Å². The van der Waals surface area contributed by atoms with E-state index in [1.807, 2.05) is 0 Å². The summed E-state index contributed by atoms with van der Waals surface area (Å²) in [5.74, 6) is -0.0766. The fraction of sp³-hybridized carbons (Fsp3) is 0.692. The third-order valence-electron chi connectivity index (χ3n) is 3.45. The monoisotopic (exact) mass is 317 g/mol. The lowest BCUT2D eigenvalue weighted by Crippen LogP contribution is -2.50. The van der Waals surface area contributed by atoms with Crippen LogP contribution in [0.5, 0.6) is 0 Å². The number of rotatable bonds is 6. The number of piperazine rings is 1. The molecule has 0 atom stereocenters. The van der Waals surface area contributed by atoms with Gasteiger partial charge in [-0.05, 0) is 0 Å². The van der Waals surface area contributed by atoms with Gasteiger partial charge in [0.25, 0.3) is 0 Å². The second-order valence-corrected chi connectivity index (χ2v) is 7.03. The number of sulfonamides is 1. The summed E-state index contributed by atoms with van der Waals surface area (Å²) in [6, 6.07) is 0. The summed E-state index contributed by atoms with van der Waals surface area (Å²) in [4.78, 5) is 26.7. The molecule has 1 fully saturated rings. The molecule has 1 aliphatic rings. The van der Waals surface area contributed by atoms with Gasteiger partial charge in [0.2, 0.25) is 21.8 Å². The molecule has 0 N–H and O–H groups in total. The number of hydrogen-bond donors (Lipinski definition) is 0. The largest absolute Gasteiger partial charge is 0.339 e. The first-order chi connectivity index (χ1) is 9.75. The lowest BCUT2D eigenvalue weighted by molar-refractivity contribution is -0.138. The molecule has 1 aliphatic heterocycles. The van der Waals surface area contributed by atoms with Crippen LogP contribution in [0.25, 0.3) is 0 Å². The van der Waals surface area contributed by atoms with Crippen LogP contribution in [-0.4, -0.2) is 79.9 Å². The Balaban J connectivity index is 2.47. The average Bonchev–Trinajstić information content (AvgIpc) is 2.42. The van der Waals surface area contributed by atoms with Gasteiger partial charge < -0.3 is 9.80 Å². The van der Waals surface area contributed by atoms with Gasteiger partial charge in [-0.15, -0.1) is 6.58 Å². The van der Waals surface area contributed by atoms with Crippen molar-refractivity contribution in [3.05, 3.63) is 12.7 Å². The molecule has 1 rings (SSSR count). The van der Waals surface area contributed by atoms with Crippen LogP contribution in [0.3, 0.4) is 0 Å². The van der Waals surface area contributed by atoms with E-state index in [1.165, 1.54) is 17.3 Å². The van der Waals surface area contributed by atoms with Gasteiger partial charge in [-0.3, -0.25) is 9.59 Å². The SMILES string of the molecule is C=CCN(CCC(=O)N1CCN(C(C)=O)CC1)S(C)(=O)=O. The van der Waals surface area contributed by atoms with Crippen LogP contribution in [0, 0.1) is 0 Å². The van der Waals surface area contributed by atoms with Crippen molar-refractivity contribution in [3.63, 3.8) is 0 Å². The van der Waals surface area contributed by atoms with E-state index < -0.39 is 10.0 Å². The van der Waals surface area contributed by atoms with Crippen LogP contribution in [0.15, 0.2) is 12.7 Å². The van der Waals surface area contributed by atoms with Crippen molar-refractivity contribution in [3.8, 4) is 0 Å². The molecule has 0 unspecified atom stereocenters. The summed E-state index contributed by atoms with van der Waals surface area (Å²) >= 11 is 0. The molecule has 120 valence electrons. The highest BCUT2D eigenvalue weighted by Crippen LogP contribution is 2.06. The molecule has 0 radical (unpaired) electrons. The first kappa shape index (κ1) is 17.6. The maximum absolute atomic E-state index is 12.1. The lowest BCUT2D eigenvalue weighted by Gasteiger charge is -2.34. The standard InChI is InChI=1S/C13H23N3O4S/c1-4-6-16(21(3,19)20)7-5-13(18)15-10-8-14(9-11-15)12(2)17/h4H,1,5-11H2,2-3H3. The molecule has 1 heterocycles. The molecule has 0 aromatic heterocycles. The molecular weight excluding hydrogens is 294 g/mol. The van der Waals surface area contributed by atoms with Crippen LogP contribution < -0.4 is 0 Å². The van der Waals surface area contributed by atoms with Gasteiger partial charge in [-0.1, -0.05) is 6.08 Å². The average molecular weight is 317 g/mol. The van der Waals surface area contributed by atoms with E-state index in [2.05, 4.69) is 6.58 Å². The van der Waals surface area contributed by atoms with Gasteiger partial charge in [-0.2, -0.15) is 4.31 Å². The molecule has 0 aromatic carbocycles. The molecule has 0 spiro atoms. The molecule has 8 heteroatoms. The van der Waals surface area contributed by atoms with Crippen LogP contribution >= 0.6 is 0 Å². The Morgan fingerprint density at radius 2 is 1.71 bits per heavy atom. The maximum atomic E-state index is 12.1. The Labute approximate surface area is 126 Å². The molecule has 21 heavy (non-hydrogen) atoms. The molecule has 0 aromatic rings. The van der Waals surface area contributed by atoms with E-state index in [4.69, 9.17) is 0 Å². The molecule has 1 saturated heterocycles. The predicted octanol–water partition coefficient (Wildman–Crippen LogP) is -0.485. The van der Waals surface area contributed by atoms with Gasteiger partial charge in [0.05, 0.1) is 6.26 Å². The predicted molar refractivity (Wildman–Crippen MR) is 80.1 cm³/mol. The van der Waals surface area contributed by atoms with Crippen molar-refractivity contribution in [1.29, 1.82) is 0 Å². The fourth-order valence-electron chi connectivity index (χ4n) is 2.19. The maximum Gasteiger partial charge on any atom is 0.224 e. The van der Waals surface area contributed by atoms with E-state index in [1.54, 1.807) is 9.80 Å². The molecule has 0 aliphatic carbocycles. The third-order valence-corrected chi connectivity index (χ3v) is 4.72. The normalized spacial score (nSPS) is 16.1. The molecule has 0 bridgehead atoms. The summed E-state index contributed by atoms with van der Waals surface area (Å²) in [6.07, 6.45) is 2.75. The van der Waals surface area contributed by atoms with Gasteiger partial charge in [0.15, 0.2) is 0 Å². The Hall–Kier alpha value is -1.41. The Kier molecular flexibility index (Phi) is 6.35. The summed E-state index contributed by atoms with van der Waals surface area (Å²) in [5, 5.41) is 0. The smallest absolute Gasteiger partial charge is 0.224 e. The molecule has 7 nitrogen and oxygen atoms in total. The minimum absolute atomic E-state index is 0.0105. The van der Waals surface area contributed by atoms with Crippen LogP contribution in [0.2, 0.25) is 0 Å². The quantitative estimate of drug-likeness (QED) is 0.620. The number of nitrogens with zero attached hydrogens (tertiary/aromatic N) is 3. The van der Waals surface area contributed by atoms with Crippen molar-refractivity contribution >= 4 is 21.8 Å². The van der Waals surface area contributed by atoms with E-state index >= 15 is 0 Å². The van der Waals surface area contributed by atoms with E-state index in [9.17, 15) is 18.0 Å².